The Balaban J connectivity index is 1.43. The van der Waals surface area contributed by atoms with Crippen LogP contribution in [0.2, 0.25) is 0 Å². The number of carbonyl (C=O) groups is 1. The van der Waals surface area contributed by atoms with Crippen molar-refractivity contribution >= 4 is 5.91 Å². The molecule has 1 atom stereocenters. The minimum absolute atomic E-state index is 0.0306. The van der Waals surface area contributed by atoms with Crippen molar-refractivity contribution in [3.8, 4) is 11.6 Å². The smallest absolute Gasteiger partial charge is 0.276 e. The molecule has 8 heteroatoms. The van der Waals surface area contributed by atoms with E-state index in [2.05, 4.69) is 15.2 Å². The van der Waals surface area contributed by atoms with Gasteiger partial charge in [-0.2, -0.15) is 10.1 Å². The molecule has 5 rings (SSSR count). The number of aryl methyl sites for hydroxylation is 1. The average Bonchev–Trinajstić information content (AvgIpc) is 3.27. The zero-order chi connectivity index (χ0) is 20.6. The highest BCUT2D eigenvalue weighted by molar-refractivity contribution is 5.93. The number of carbonyl (C=O) groups excluding carboxylic acids is 1. The van der Waals surface area contributed by atoms with E-state index in [0.29, 0.717) is 35.4 Å². The standard InChI is InChI=1S/C22H26N6O2/c1-2-28-14-17(13-24-28)20(29)27-11-5-9-22(15-27,12-16-7-8-16)21-25-19(30-26-21)18-6-3-4-10-23-18/h3-4,6,10,13-14,16H,2,5,7-9,11-12,15H2,1H3. The van der Waals surface area contributed by atoms with Crippen LogP contribution in [0.5, 0.6) is 0 Å². The maximum Gasteiger partial charge on any atom is 0.276 e. The number of pyridine rings is 1. The fraction of sp³-hybridized carbons (Fsp3) is 0.500. The normalized spacial score (nSPS) is 21.7. The third-order valence-corrected chi connectivity index (χ3v) is 6.23. The molecule has 3 aromatic heterocycles. The van der Waals surface area contributed by atoms with Gasteiger partial charge in [0, 0.05) is 32.0 Å². The van der Waals surface area contributed by atoms with E-state index in [0.717, 1.165) is 32.4 Å². The van der Waals surface area contributed by atoms with E-state index >= 15 is 0 Å². The molecule has 156 valence electrons. The Kier molecular flexibility index (Phi) is 4.84. The monoisotopic (exact) mass is 406 g/mol. The zero-order valence-electron chi connectivity index (χ0n) is 17.2. The maximum atomic E-state index is 13.2. The van der Waals surface area contributed by atoms with E-state index in [1.165, 1.54) is 12.8 Å². The second-order valence-electron chi connectivity index (χ2n) is 8.48. The van der Waals surface area contributed by atoms with Crippen LogP contribution < -0.4 is 0 Å². The Bertz CT molecular complexity index is 1030. The number of piperidine rings is 1. The SMILES string of the molecule is CCn1cc(C(=O)N2CCCC(CC3CC3)(c3noc(-c4ccccn4)n3)C2)cn1. The van der Waals surface area contributed by atoms with Gasteiger partial charge in [-0.3, -0.25) is 14.5 Å². The van der Waals surface area contributed by atoms with Crippen molar-refractivity contribution in [1.29, 1.82) is 0 Å². The van der Waals surface area contributed by atoms with Gasteiger partial charge in [0.25, 0.3) is 11.8 Å². The second kappa shape index (κ2) is 7.66. The summed E-state index contributed by atoms with van der Waals surface area (Å²) < 4.78 is 7.37. The summed E-state index contributed by atoms with van der Waals surface area (Å²) in [5.74, 6) is 1.85. The van der Waals surface area contributed by atoms with Crippen LogP contribution in [0.25, 0.3) is 11.6 Å². The summed E-state index contributed by atoms with van der Waals surface area (Å²) in [6.07, 6.45) is 10.6. The molecular formula is C22H26N6O2. The summed E-state index contributed by atoms with van der Waals surface area (Å²) in [4.78, 5) is 24.2. The molecule has 30 heavy (non-hydrogen) atoms. The van der Waals surface area contributed by atoms with Crippen LogP contribution in [0.15, 0.2) is 41.3 Å². The summed E-state index contributed by atoms with van der Waals surface area (Å²) in [5.41, 5.74) is 1.04. The van der Waals surface area contributed by atoms with Crippen molar-refractivity contribution in [3.63, 3.8) is 0 Å². The zero-order valence-corrected chi connectivity index (χ0v) is 17.2. The molecular weight excluding hydrogens is 380 g/mol. The summed E-state index contributed by atoms with van der Waals surface area (Å²) >= 11 is 0. The molecule has 1 unspecified atom stereocenters. The van der Waals surface area contributed by atoms with Gasteiger partial charge in [0.1, 0.15) is 5.69 Å². The molecule has 0 aromatic carbocycles. The number of hydrogen-bond donors (Lipinski definition) is 0. The molecule has 4 heterocycles. The lowest BCUT2D eigenvalue weighted by atomic mass is 9.74. The maximum absolute atomic E-state index is 13.2. The number of nitrogens with zero attached hydrogens (tertiary/aromatic N) is 6. The van der Waals surface area contributed by atoms with Crippen molar-refractivity contribution in [1.82, 2.24) is 29.8 Å². The fourth-order valence-corrected chi connectivity index (χ4v) is 4.48. The Morgan fingerprint density at radius 3 is 2.97 bits per heavy atom. The highest BCUT2D eigenvalue weighted by Gasteiger charge is 2.46. The molecule has 1 amide bonds. The Morgan fingerprint density at radius 2 is 2.23 bits per heavy atom. The average molecular weight is 406 g/mol. The lowest BCUT2D eigenvalue weighted by Crippen LogP contribution is -2.49. The predicted octanol–water partition coefficient (Wildman–Crippen LogP) is 3.32. The van der Waals surface area contributed by atoms with Crippen LogP contribution in [0, 0.1) is 5.92 Å². The van der Waals surface area contributed by atoms with Crippen molar-refractivity contribution in [2.75, 3.05) is 13.1 Å². The van der Waals surface area contributed by atoms with E-state index in [-0.39, 0.29) is 11.3 Å². The Morgan fingerprint density at radius 1 is 1.33 bits per heavy atom. The molecule has 1 saturated carbocycles. The Labute approximate surface area is 175 Å². The topological polar surface area (TPSA) is 89.9 Å². The van der Waals surface area contributed by atoms with Crippen LogP contribution >= 0.6 is 0 Å². The van der Waals surface area contributed by atoms with E-state index < -0.39 is 0 Å². The van der Waals surface area contributed by atoms with E-state index in [1.807, 2.05) is 36.2 Å². The van der Waals surface area contributed by atoms with Crippen LogP contribution in [0.4, 0.5) is 0 Å². The minimum Gasteiger partial charge on any atom is -0.338 e. The third kappa shape index (κ3) is 3.62. The number of aromatic nitrogens is 5. The minimum atomic E-state index is -0.271. The second-order valence-corrected chi connectivity index (χ2v) is 8.48. The highest BCUT2D eigenvalue weighted by Crippen LogP contribution is 2.46. The largest absolute Gasteiger partial charge is 0.338 e. The first kappa shape index (κ1) is 19.0. The lowest BCUT2D eigenvalue weighted by molar-refractivity contribution is 0.0607. The number of rotatable bonds is 6. The quantitative estimate of drug-likeness (QED) is 0.624. The third-order valence-electron chi connectivity index (χ3n) is 6.23. The van der Waals surface area contributed by atoms with Crippen LogP contribution in [0.1, 0.15) is 55.2 Å². The van der Waals surface area contributed by atoms with Crippen molar-refractivity contribution in [3.05, 3.63) is 48.2 Å². The summed E-state index contributed by atoms with van der Waals surface area (Å²) in [6, 6.07) is 5.64. The predicted molar refractivity (Wildman–Crippen MR) is 110 cm³/mol. The molecule has 0 spiro atoms. The van der Waals surface area contributed by atoms with Gasteiger partial charge >= 0.3 is 0 Å². The van der Waals surface area contributed by atoms with Crippen LogP contribution in [0.3, 0.4) is 0 Å². The van der Waals surface area contributed by atoms with Gasteiger partial charge in [-0.15, -0.1) is 0 Å². The van der Waals surface area contributed by atoms with E-state index in [4.69, 9.17) is 9.51 Å². The van der Waals surface area contributed by atoms with Crippen molar-refractivity contribution in [2.45, 2.75) is 51.0 Å². The molecule has 0 N–H and O–H groups in total. The van der Waals surface area contributed by atoms with Crippen LogP contribution in [-0.2, 0) is 12.0 Å². The molecule has 3 aromatic rings. The molecule has 2 fully saturated rings. The van der Waals surface area contributed by atoms with E-state index in [1.54, 1.807) is 17.1 Å². The summed E-state index contributed by atoms with van der Waals surface area (Å²) in [6.45, 7) is 4.12. The first-order chi connectivity index (χ1) is 14.7. The van der Waals surface area contributed by atoms with Gasteiger partial charge in [-0.1, -0.05) is 24.1 Å². The first-order valence-corrected chi connectivity index (χ1v) is 10.7. The summed E-state index contributed by atoms with van der Waals surface area (Å²) in [5, 5.41) is 8.64. The highest BCUT2D eigenvalue weighted by atomic mass is 16.5. The van der Waals surface area contributed by atoms with Gasteiger partial charge in [0.05, 0.1) is 17.2 Å². The number of likely N-dealkylation sites (tertiary alicyclic amines) is 1. The van der Waals surface area contributed by atoms with Gasteiger partial charge in [-0.05, 0) is 44.2 Å². The Hall–Kier alpha value is -3.03. The molecule has 1 saturated heterocycles. The van der Waals surface area contributed by atoms with Crippen molar-refractivity contribution < 1.29 is 9.32 Å². The number of amides is 1. The molecule has 8 nitrogen and oxygen atoms in total. The van der Waals surface area contributed by atoms with Gasteiger partial charge in [0.2, 0.25) is 0 Å². The lowest BCUT2D eigenvalue weighted by Gasteiger charge is -2.41. The first-order valence-electron chi connectivity index (χ1n) is 10.7. The molecule has 0 bridgehead atoms. The van der Waals surface area contributed by atoms with Crippen molar-refractivity contribution in [2.24, 2.45) is 5.92 Å². The molecule has 1 aliphatic carbocycles. The number of hydrogen-bond acceptors (Lipinski definition) is 6. The molecule has 2 aliphatic rings. The van der Waals surface area contributed by atoms with E-state index in [9.17, 15) is 4.79 Å². The molecule has 0 radical (unpaired) electrons. The van der Waals surface area contributed by atoms with Gasteiger partial charge in [0.15, 0.2) is 5.82 Å². The van der Waals surface area contributed by atoms with Crippen LogP contribution in [-0.4, -0.2) is 48.8 Å². The van der Waals surface area contributed by atoms with Gasteiger partial charge < -0.3 is 9.42 Å². The molecule has 1 aliphatic heterocycles. The van der Waals surface area contributed by atoms with Gasteiger partial charge in [-0.25, -0.2) is 0 Å². The fourth-order valence-electron chi connectivity index (χ4n) is 4.48. The summed E-state index contributed by atoms with van der Waals surface area (Å²) in [7, 11) is 0.